The molecule has 0 saturated carbocycles. The third kappa shape index (κ3) is 2.34. The van der Waals surface area contributed by atoms with Crippen LogP contribution in [-0.4, -0.2) is 0 Å². The monoisotopic (exact) mass is 194 g/mol. The predicted molar refractivity (Wildman–Crippen MR) is 59.2 cm³/mol. The van der Waals surface area contributed by atoms with Gasteiger partial charge in [-0.2, -0.15) is 0 Å². The van der Waals surface area contributed by atoms with E-state index < -0.39 is 0 Å². The normalized spacial score (nSPS) is 12.2. The topological polar surface area (TPSA) is 0 Å². The fraction of sp³-hybridized carbons (Fsp3) is 0.538. The van der Waals surface area contributed by atoms with Crippen molar-refractivity contribution in [2.45, 2.75) is 46.0 Å². The molecule has 0 spiro atoms. The molecular formula is C13H19F. The quantitative estimate of drug-likeness (QED) is 0.627. The van der Waals surface area contributed by atoms with Crippen LogP contribution in [0.3, 0.4) is 0 Å². The van der Waals surface area contributed by atoms with Crippen molar-refractivity contribution in [3.8, 4) is 0 Å². The number of benzene rings is 1. The largest absolute Gasteiger partial charge is 0.207 e. The summed E-state index contributed by atoms with van der Waals surface area (Å²) < 4.78 is 13.1. The van der Waals surface area contributed by atoms with Crippen LogP contribution in [0.15, 0.2) is 18.2 Å². The predicted octanol–water partition coefficient (Wildman–Crippen LogP) is 4.25. The van der Waals surface area contributed by atoms with Gasteiger partial charge in [-0.25, -0.2) is 4.39 Å². The number of halogens is 1. The first-order chi connectivity index (χ1) is 6.32. The second kappa shape index (κ2) is 3.72. The average molecular weight is 194 g/mol. The maximum absolute atomic E-state index is 13.1. The van der Waals surface area contributed by atoms with Crippen molar-refractivity contribution in [2.24, 2.45) is 0 Å². The Morgan fingerprint density at radius 1 is 1.14 bits per heavy atom. The SMILES string of the molecule is CC(C)c1cc(F)ccc1C(C)(C)C. The minimum absolute atomic E-state index is 0.0906. The Labute approximate surface area is 86.2 Å². The Hall–Kier alpha value is -0.850. The van der Waals surface area contributed by atoms with E-state index in [9.17, 15) is 4.39 Å². The molecule has 0 N–H and O–H groups in total. The van der Waals surface area contributed by atoms with Gasteiger partial charge in [0.25, 0.3) is 0 Å². The van der Waals surface area contributed by atoms with Crippen LogP contribution in [0.2, 0.25) is 0 Å². The molecule has 0 heterocycles. The molecule has 1 heteroatoms. The highest BCUT2D eigenvalue weighted by Crippen LogP contribution is 2.30. The van der Waals surface area contributed by atoms with Gasteiger partial charge in [0, 0.05) is 0 Å². The summed E-state index contributed by atoms with van der Waals surface area (Å²) in [6.45, 7) is 10.7. The van der Waals surface area contributed by atoms with Crippen molar-refractivity contribution in [1.82, 2.24) is 0 Å². The third-order valence-electron chi connectivity index (χ3n) is 2.44. The van der Waals surface area contributed by atoms with E-state index in [0.29, 0.717) is 5.92 Å². The van der Waals surface area contributed by atoms with E-state index in [4.69, 9.17) is 0 Å². The highest BCUT2D eigenvalue weighted by Gasteiger charge is 2.19. The van der Waals surface area contributed by atoms with Crippen LogP contribution in [0.4, 0.5) is 4.39 Å². The second-order valence-corrected chi connectivity index (χ2v) is 5.14. The molecule has 1 aromatic rings. The van der Waals surface area contributed by atoms with Gasteiger partial charge in [-0.3, -0.25) is 0 Å². The number of rotatable bonds is 1. The maximum atomic E-state index is 13.1. The van der Waals surface area contributed by atoms with Crippen LogP contribution in [0, 0.1) is 5.82 Å². The molecule has 0 saturated heterocycles. The molecule has 1 aromatic carbocycles. The van der Waals surface area contributed by atoms with Gasteiger partial charge in [-0.05, 0) is 34.6 Å². The van der Waals surface area contributed by atoms with E-state index >= 15 is 0 Å². The highest BCUT2D eigenvalue weighted by molar-refractivity contribution is 5.35. The Morgan fingerprint density at radius 2 is 1.71 bits per heavy atom. The molecule has 0 aromatic heterocycles. The van der Waals surface area contributed by atoms with Crippen LogP contribution in [0.5, 0.6) is 0 Å². The van der Waals surface area contributed by atoms with Crippen LogP contribution >= 0.6 is 0 Å². The Kier molecular flexibility index (Phi) is 2.98. The molecule has 0 atom stereocenters. The summed E-state index contributed by atoms with van der Waals surface area (Å²) in [5.74, 6) is 0.238. The van der Waals surface area contributed by atoms with Gasteiger partial charge in [-0.15, -0.1) is 0 Å². The zero-order valence-corrected chi connectivity index (χ0v) is 9.69. The summed E-state index contributed by atoms with van der Waals surface area (Å²) in [7, 11) is 0. The van der Waals surface area contributed by atoms with Gasteiger partial charge in [0.15, 0.2) is 0 Å². The first kappa shape index (κ1) is 11.2. The van der Waals surface area contributed by atoms with Crippen molar-refractivity contribution in [2.75, 3.05) is 0 Å². The Morgan fingerprint density at radius 3 is 2.14 bits per heavy atom. The summed E-state index contributed by atoms with van der Waals surface area (Å²) in [6.07, 6.45) is 0. The van der Waals surface area contributed by atoms with E-state index in [-0.39, 0.29) is 11.2 Å². The lowest BCUT2D eigenvalue weighted by molar-refractivity contribution is 0.567. The van der Waals surface area contributed by atoms with Gasteiger partial charge in [0.05, 0.1) is 0 Å². The lowest BCUT2D eigenvalue weighted by atomic mass is 9.81. The lowest BCUT2D eigenvalue weighted by Gasteiger charge is -2.24. The van der Waals surface area contributed by atoms with Crippen molar-refractivity contribution in [1.29, 1.82) is 0 Å². The molecule has 0 unspecified atom stereocenters. The van der Waals surface area contributed by atoms with Crippen LogP contribution in [0.25, 0.3) is 0 Å². The van der Waals surface area contributed by atoms with Crippen molar-refractivity contribution in [3.05, 3.63) is 35.1 Å². The zero-order valence-electron chi connectivity index (χ0n) is 9.69. The van der Waals surface area contributed by atoms with E-state index in [1.165, 1.54) is 5.56 Å². The number of hydrogen-bond donors (Lipinski definition) is 0. The Balaban J connectivity index is 3.29. The molecule has 1 rings (SSSR count). The zero-order chi connectivity index (χ0) is 10.9. The van der Waals surface area contributed by atoms with E-state index in [1.807, 2.05) is 6.07 Å². The van der Waals surface area contributed by atoms with Crippen LogP contribution in [0.1, 0.15) is 51.7 Å². The van der Waals surface area contributed by atoms with Crippen molar-refractivity contribution in [3.63, 3.8) is 0 Å². The van der Waals surface area contributed by atoms with Gasteiger partial charge in [0.2, 0.25) is 0 Å². The van der Waals surface area contributed by atoms with Crippen LogP contribution in [-0.2, 0) is 5.41 Å². The molecule has 78 valence electrons. The van der Waals surface area contributed by atoms with Gasteiger partial charge < -0.3 is 0 Å². The van der Waals surface area contributed by atoms with Crippen molar-refractivity contribution >= 4 is 0 Å². The summed E-state index contributed by atoms with van der Waals surface area (Å²) in [5, 5.41) is 0. The lowest BCUT2D eigenvalue weighted by Crippen LogP contribution is -2.15. The molecule has 0 nitrogen and oxygen atoms in total. The molecule has 0 bridgehead atoms. The molecular weight excluding hydrogens is 175 g/mol. The fourth-order valence-electron chi connectivity index (χ4n) is 1.69. The first-order valence-corrected chi connectivity index (χ1v) is 5.12. The molecule has 0 aliphatic carbocycles. The molecule has 14 heavy (non-hydrogen) atoms. The smallest absolute Gasteiger partial charge is 0.123 e. The van der Waals surface area contributed by atoms with E-state index in [0.717, 1.165) is 5.56 Å². The number of hydrogen-bond acceptors (Lipinski definition) is 0. The average Bonchev–Trinajstić information content (AvgIpc) is 2.01. The minimum Gasteiger partial charge on any atom is -0.207 e. The Bertz CT molecular complexity index is 318. The highest BCUT2D eigenvalue weighted by atomic mass is 19.1. The second-order valence-electron chi connectivity index (χ2n) is 5.14. The first-order valence-electron chi connectivity index (χ1n) is 5.12. The summed E-state index contributed by atoms with van der Waals surface area (Å²) in [4.78, 5) is 0. The molecule has 0 fully saturated rings. The standard InChI is InChI=1S/C13H19F/c1-9(2)11-8-10(14)6-7-12(11)13(3,4)5/h6-9H,1-5H3. The molecule has 0 radical (unpaired) electrons. The van der Waals surface area contributed by atoms with E-state index in [2.05, 4.69) is 34.6 Å². The molecule has 0 aliphatic rings. The van der Waals surface area contributed by atoms with Gasteiger partial charge in [0.1, 0.15) is 5.82 Å². The molecule has 0 amide bonds. The fourth-order valence-corrected chi connectivity index (χ4v) is 1.69. The van der Waals surface area contributed by atoms with E-state index in [1.54, 1.807) is 12.1 Å². The van der Waals surface area contributed by atoms with Crippen molar-refractivity contribution < 1.29 is 4.39 Å². The third-order valence-corrected chi connectivity index (χ3v) is 2.44. The van der Waals surface area contributed by atoms with Gasteiger partial charge in [-0.1, -0.05) is 40.7 Å². The summed E-state index contributed by atoms with van der Waals surface area (Å²) in [5.41, 5.74) is 2.46. The summed E-state index contributed by atoms with van der Waals surface area (Å²) >= 11 is 0. The maximum Gasteiger partial charge on any atom is 0.123 e. The molecule has 0 aliphatic heterocycles. The summed E-state index contributed by atoms with van der Waals surface area (Å²) in [6, 6.07) is 5.11. The minimum atomic E-state index is -0.137. The van der Waals surface area contributed by atoms with Gasteiger partial charge >= 0.3 is 0 Å². The van der Waals surface area contributed by atoms with Crippen LogP contribution < -0.4 is 0 Å².